The van der Waals surface area contributed by atoms with E-state index in [0.717, 1.165) is 37.6 Å². The number of nitrogens with one attached hydrogen (secondary N) is 1. The fraction of sp³-hybridized carbons (Fsp3) is 0.600. The molecule has 0 spiro atoms. The molecule has 0 saturated heterocycles. The zero-order valence-corrected chi connectivity index (χ0v) is 12.3. The van der Waals surface area contributed by atoms with Crippen molar-refractivity contribution >= 4 is 0 Å². The van der Waals surface area contributed by atoms with Crippen LogP contribution in [0.4, 0.5) is 0 Å². The van der Waals surface area contributed by atoms with Gasteiger partial charge in [-0.1, -0.05) is 0 Å². The maximum atomic E-state index is 5.38. The summed E-state index contributed by atoms with van der Waals surface area (Å²) in [6.45, 7) is 5.38. The predicted molar refractivity (Wildman–Crippen MR) is 77.0 cm³/mol. The second-order valence-corrected chi connectivity index (χ2v) is 5.15. The van der Waals surface area contributed by atoms with E-state index < -0.39 is 0 Å². The lowest BCUT2D eigenvalue weighted by molar-refractivity contribution is 0.232. The molecule has 1 aromatic rings. The van der Waals surface area contributed by atoms with Gasteiger partial charge in [-0.25, -0.2) is 0 Å². The van der Waals surface area contributed by atoms with Crippen LogP contribution in [0.25, 0.3) is 0 Å². The van der Waals surface area contributed by atoms with Crippen LogP contribution in [0.3, 0.4) is 0 Å². The van der Waals surface area contributed by atoms with Crippen molar-refractivity contribution in [1.82, 2.24) is 10.2 Å². The standard InChI is InChI=1S/C15H24N2O2/c1-11(16-2)9-17-6-5-12-7-14(18-3)15(19-4)8-13(12)10-17/h7-8,11,16H,5-6,9-10H2,1-4H3. The van der Waals surface area contributed by atoms with Gasteiger partial charge in [0.25, 0.3) is 0 Å². The van der Waals surface area contributed by atoms with E-state index in [1.807, 2.05) is 7.05 Å². The third-order valence-electron chi connectivity index (χ3n) is 3.82. The Morgan fingerprint density at radius 2 is 1.84 bits per heavy atom. The van der Waals surface area contributed by atoms with E-state index in [0.29, 0.717) is 6.04 Å². The van der Waals surface area contributed by atoms with E-state index in [9.17, 15) is 0 Å². The van der Waals surface area contributed by atoms with Crippen molar-refractivity contribution in [3.8, 4) is 11.5 Å². The molecule has 0 aromatic heterocycles. The van der Waals surface area contributed by atoms with Gasteiger partial charge in [0.1, 0.15) is 0 Å². The normalized spacial score (nSPS) is 16.8. The molecule has 0 radical (unpaired) electrons. The van der Waals surface area contributed by atoms with Crippen LogP contribution in [0, 0.1) is 0 Å². The fourth-order valence-electron chi connectivity index (χ4n) is 2.58. The Bertz CT molecular complexity index is 434. The highest BCUT2D eigenvalue weighted by atomic mass is 16.5. The number of fused-ring (bicyclic) bond motifs is 1. The van der Waals surface area contributed by atoms with Crippen molar-refractivity contribution in [2.45, 2.75) is 25.9 Å². The first-order valence-electron chi connectivity index (χ1n) is 6.81. The zero-order chi connectivity index (χ0) is 13.8. The Kier molecular flexibility index (Phi) is 4.66. The molecule has 0 aliphatic carbocycles. The molecule has 19 heavy (non-hydrogen) atoms. The number of methoxy groups -OCH3 is 2. The van der Waals surface area contributed by atoms with Gasteiger partial charge in [0, 0.05) is 25.7 Å². The molecule has 1 aliphatic heterocycles. The number of likely N-dealkylation sites (N-methyl/N-ethyl adjacent to an activating group) is 1. The van der Waals surface area contributed by atoms with Crippen LogP contribution >= 0.6 is 0 Å². The minimum atomic E-state index is 0.515. The van der Waals surface area contributed by atoms with E-state index in [2.05, 4.69) is 29.3 Å². The molecular formula is C15H24N2O2. The van der Waals surface area contributed by atoms with Gasteiger partial charge in [-0.15, -0.1) is 0 Å². The molecule has 1 aromatic carbocycles. The van der Waals surface area contributed by atoms with Crippen LogP contribution in [0.2, 0.25) is 0 Å². The quantitative estimate of drug-likeness (QED) is 0.877. The maximum Gasteiger partial charge on any atom is 0.161 e. The molecule has 1 N–H and O–H groups in total. The van der Waals surface area contributed by atoms with Crippen molar-refractivity contribution in [3.63, 3.8) is 0 Å². The number of rotatable bonds is 5. The van der Waals surface area contributed by atoms with Crippen molar-refractivity contribution in [1.29, 1.82) is 0 Å². The van der Waals surface area contributed by atoms with Gasteiger partial charge in [0.05, 0.1) is 14.2 Å². The Labute approximate surface area is 115 Å². The lowest BCUT2D eigenvalue weighted by Crippen LogP contribution is -2.40. The number of benzene rings is 1. The summed E-state index contributed by atoms with van der Waals surface area (Å²) < 4.78 is 10.7. The summed E-state index contributed by atoms with van der Waals surface area (Å²) in [7, 11) is 5.39. The Hall–Kier alpha value is -1.26. The van der Waals surface area contributed by atoms with E-state index in [1.165, 1.54) is 11.1 Å². The summed E-state index contributed by atoms with van der Waals surface area (Å²) >= 11 is 0. The summed E-state index contributed by atoms with van der Waals surface area (Å²) in [5.74, 6) is 1.66. The van der Waals surface area contributed by atoms with Crippen LogP contribution in [0.5, 0.6) is 11.5 Å². The Morgan fingerprint density at radius 3 is 2.42 bits per heavy atom. The van der Waals surface area contributed by atoms with Crippen molar-refractivity contribution in [3.05, 3.63) is 23.3 Å². The van der Waals surface area contributed by atoms with Crippen molar-refractivity contribution in [2.24, 2.45) is 0 Å². The minimum absolute atomic E-state index is 0.515. The third kappa shape index (κ3) is 3.19. The molecule has 1 heterocycles. The number of hydrogen-bond donors (Lipinski definition) is 1. The summed E-state index contributed by atoms with van der Waals surface area (Å²) in [4.78, 5) is 2.48. The molecule has 0 fully saturated rings. The van der Waals surface area contributed by atoms with Gasteiger partial charge in [-0.05, 0) is 43.7 Å². The SMILES string of the molecule is CNC(C)CN1CCc2cc(OC)c(OC)cc2C1. The maximum absolute atomic E-state index is 5.38. The topological polar surface area (TPSA) is 33.7 Å². The first kappa shape index (κ1) is 14.2. The first-order valence-corrected chi connectivity index (χ1v) is 6.81. The summed E-state index contributed by atoms with van der Waals surface area (Å²) in [5, 5.41) is 3.29. The van der Waals surface area contributed by atoms with Gasteiger partial charge in [-0.3, -0.25) is 4.90 Å². The fourth-order valence-corrected chi connectivity index (χ4v) is 2.58. The average Bonchev–Trinajstić information content (AvgIpc) is 2.45. The lowest BCUT2D eigenvalue weighted by Gasteiger charge is -2.31. The van der Waals surface area contributed by atoms with Crippen molar-refractivity contribution < 1.29 is 9.47 Å². The highest BCUT2D eigenvalue weighted by Gasteiger charge is 2.20. The van der Waals surface area contributed by atoms with Crippen LogP contribution in [-0.4, -0.2) is 45.3 Å². The van der Waals surface area contributed by atoms with E-state index in [4.69, 9.17) is 9.47 Å². The minimum Gasteiger partial charge on any atom is -0.493 e. The van der Waals surface area contributed by atoms with E-state index >= 15 is 0 Å². The molecule has 0 bridgehead atoms. The highest BCUT2D eigenvalue weighted by Crippen LogP contribution is 2.33. The van der Waals surface area contributed by atoms with Gasteiger partial charge in [-0.2, -0.15) is 0 Å². The Morgan fingerprint density at radius 1 is 1.21 bits per heavy atom. The number of nitrogens with zero attached hydrogens (tertiary/aromatic N) is 1. The summed E-state index contributed by atoms with van der Waals surface area (Å²) in [6, 6.07) is 4.75. The monoisotopic (exact) mass is 264 g/mol. The van der Waals surface area contributed by atoms with Crippen molar-refractivity contribution in [2.75, 3.05) is 34.4 Å². The van der Waals surface area contributed by atoms with Crippen LogP contribution < -0.4 is 14.8 Å². The molecule has 1 aliphatic rings. The third-order valence-corrected chi connectivity index (χ3v) is 3.82. The van der Waals surface area contributed by atoms with Gasteiger partial charge in [0.2, 0.25) is 0 Å². The van der Waals surface area contributed by atoms with Crippen LogP contribution in [0.1, 0.15) is 18.1 Å². The largest absolute Gasteiger partial charge is 0.493 e. The van der Waals surface area contributed by atoms with Crippen LogP contribution in [-0.2, 0) is 13.0 Å². The molecule has 4 nitrogen and oxygen atoms in total. The second kappa shape index (κ2) is 6.26. The Balaban J connectivity index is 2.15. The molecule has 4 heteroatoms. The highest BCUT2D eigenvalue weighted by molar-refractivity contribution is 5.48. The van der Waals surface area contributed by atoms with Crippen LogP contribution in [0.15, 0.2) is 12.1 Å². The molecule has 0 amide bonds. The van der Waals surface area contributed by atoms with E-state index in [-0.39, 0.29) is 0 Å². The lowest BCUT2D eigenvalue weighted by atomic mass is 9.98. The molecule has 2 rings (SSSR count). The van der Waals surface area contributed by atoms with Gasteiger partial charge >= 0.3 is 0 Å². The molecule has 106 valence electrons. The van der Waals surface area contributed by atoms with Gasteiger partial charge in [0.15, 0.2) is 11.5 Å². The number of hydrogen-bond acceptors (Lipinski definition) is 4. The summed E-state index contributed by atoms with van der Waals surface area (Å²) in [6.07, 6.45) is 1.08. The molecular weight excluding hydrogens is 240 g/mol. The zero-order valence-electron chi connectivity index (χ0n) is 12.3. The second-order valence-electron chi connectivity index (χ2n) is 5.15. The first-order chi connectivity index (χ1) is 9.17. The van der Waals surface area contributed by atoms with E-state index in [1.54, 1.807) is 14.2 Å². The molecule has 1 unspecified atom stereocenters. The molecule has 1 atom stereocenters. The summed E-state index contributed by atoms with van der Waals surface area (Å²) in [5.41, 5.74) is 2.73. The average molecular weight is 264 g/mol. The number of ether oxygens (including phenoxy) is 2. The smallest absolute Gasteiger partial charge is 0.161 e. The molecule has 0 saturated carbocycles. The predicted octanol–water partition coefficient (Wildman–Crippen LogP) is 1.67. The van der Waals surface area contributed by atoms with Gasteiger partial charge < -0.3 is 14.8 Å².